The van der Waals surface area contributed by atoms with Crippen molar-refractivity contribution in [2.24, 2.45) is 5.41 Å². The van der Waals surface area contributed by atoms with Gasteiger partial charge in [0.2, 0.25) is 0 Å². The first-order valence-electron chi connectivity index (χ1n) is 5.86. The van der Waals surface area contributed by atoms with E-state index in [9.17, 15) is 9.90 Å². The van der Waals surface area contributed by atoms with Crippen LogP contribution in [0, 0.1) is 5.41 Å². The largest absolute Gasteiger partial charge is 0.481 e. The maximum atomic E-state index is 11.5. The molecule has 1 aromatic rings. The molecule has 1 unspecified atom stereocenters. The number of hydrogen-bond acceptors (Lipinski definition) is 1. The Balaban J connectivity index is 3.10. The summed E-state index contributed by atoms with van der Waals surface area (Å²) in [6.45, 7) is 5.92. The van der Waals surface area contributed by atoms with Crippen LogP contribution in [0.15, 0.2) is 30.3 Å². The van der Waals surface area contributed by atoms with Gasteiger partial charge in [-0.05, 0) is 24.3 Å². The fraction of sp³-hybridized carbons (Fsp3) is 0.500. The predicted molar refractivity (Wildman–Crippen MR) is 65.5 cm³/mol. The van der Waals surface area contributed by atoms with Gasteiger partial charge in [0.1, 0.15) is 0 Å². The molecule has 0 saturated carbocycles. The van der Waals surface area contributed by atoms with Gasteiger partial charge in [-0.15, -0.1) is 0 Å². The lowest BCUT2D eigenvalue weighted by Crippen LogP contribution is -2.35. The summed E-state index contributed by atoms with van der Waals surface area (Å²) >= 11 is 0. The van der Waals surface area contributed by atoms with Crippen molar-refractivity contribution < 1.29 is 9.90 Å². The summed E-state index contributed by atoms with van der Waals surface area (Å²) in [6.07, 6.45) is 1.32. The second-order valence-electron chi connectivity index (χ2n) is 4.30. The molecular weight excluding hydrogens is 200 g/mol. The third-order valence-electron chi connectivity index (χ3n) is 3.82. The molecule has 1 atom stereocenters. The van der Waals surface area contributed by atoms with E-state index < -0.39 is 11.4 Å². The highest BCUT2D eigenvalue weighted by Crippen LogP contribution is 2.41. The van der Waals surface area contributed by atoms with Gasteiger partial charge < -0.3 is 5.11 Å². The number of aliphatic carboxylic acids is 1. The van der Waals surface area contributed by atoms with Crippen molar-refractivity contribution in [2.45, 2.75) is 39.5 Å². The fourth-order valence-corrected chi connectivity index (χ4v) is 2.41. The van der Waals surface area contributed by atoms with E-state index in [-0.39, 0.29) is 5.92 Å². The van der Waals surface area contributed by atoms with Gasteiger partial charge >= 0.3 is 5.97 Å². The zero-order valence-corrected chi connectivity index (χ0v) is 10.2. The molecule has 0 fully saturated rings. The Hall–Kier alpha value is -1.31. The minimum absolute atomic E-state index is 0.0428. The number of carboxylic acid groups (broad SMARTS) is 1. The van der Waals surface area contributed by atoms with E-state index in [1.807, 2.05) is 51.1 Å². The van der Waals surface area contributed by atoms with Crippen LogP contribution in [-0.2, 0) is 4.79 Å². The molecule has 0 heterocycles. The predicted octanol–water partition coefficient (Wildman–Crippen LogP) is 3.68. The molecule has 2 nitrogen and oxygen atoms in total. The topological polar surface area (TPSA) is 37.3 Å². The smallest absolute Gasteiger partial charge is 0.310 e. The average molecular weight is 220 g/mol. The fourth-order valence-electron chi connectivity index (χ4n) is 2.41. The molecule has 0 aliphatic rings. The highest BCUT2D eigenvalue weighted by Gasteiger charge is 2.40. The number of benzene rings is 1. The standard InChI is InChI=1S/C14H20O2/c1-4-14(5-2,13(15)16)11(3)12-9-7-6-8-10-12/h6-11H,4-5H2,1-3H3,(H,15,16). The average Bonchev–Trinajstić information content (AvgIpc) is 2.32. The van der Waals surface area contributed by atoms with E-state index in [1.165, 1.54) is 0 Å². The molecule has 1 N–H and O–H groups in total. The summed E-state index contributed by atoms with van der Waals surface area (Å²) in [5.41, 5.74) is 0.468. The van der Waals surface area contributed by atoms with Gasteiger partial charge in [0.25, 0.3) is 0 Å². The molecule has 16 heavy (non-hydrogen) atoms. The normalized spacial score (nSPS) is 13.4. The van der Waals surface area contributed by atoms with Crippen LogP contribution < -0.4 is 0 Å². The molecule has 88 valence electrons. The zero-order chi connectivity index (χ0) is 12.2. The first kappa shape index (κ1) is 12.8. The van der Waals surface area contributed by atoms with E-state index in [1.54, 1.807) is 0 Å². The van der Waals surface area contributed by atoms with Crippen LogP contribution in [0.5, 0.6) is 0 Å². The lowest BCUT2D eigenvalue weighted by atomic mass is 9.69. The van der Waals surface area contributed by atoms with Crippen molar-refractivity contribution in [2.75, 3.05) is 0 Å². The van der Waals surface area contributed by atoms with Gasteiger partial charge in [-0.25, -0.2) is 0 Å². The first-order chi connectivity index (χ1) is 7.58. The lowest BCUT2D eigenvalue weighted by Gasteiger charge is -2.33. The first-order valence-corrected chi connectivity index (χ1v) is 5.86. The SMILES string of the molecule is CCC(CC)(C(=O)O)C(C)c1ccccc1. The van der Waals surface area contributed by atoms with Gasteiger partial charge in [0, 0.05) is 0 Å². The molecular formula is C14H20O2. The Labute approximate surface area is 97.3 Å². The van der Waals surface area contributed by atoms with Crippen molar-refractivity contribution in [1.29, 1.82) is 0 Å². The van der Waals surface area contributed by atoms with E-state index in [0.717, 1.165) is 5.56 Å². The van der Waals surface area contributed by atoms with Gasteiger partial charge in [0.15, 0.2) is 0 Å². The minimum atomic E-state index is -0.686. The third-order valence-corrected chi connectivity index (χ3v) is 3.82. The molecule has 0 saturated heterocycles. The molecule has 0 spiro atoms. The number of carboxylic acids is 1. The number of carbonyl (C=O) groups is 1. The van der Waals surface area contributed by atoms with Gasteiger partial charge in [-0.3, -0.25) is 4.79 Å². The van der Waals surface area contributed by atoms with Crippen LogP contribution in [0.1, 0.15) is 45.1 Å². The van der Waals surface area contributed by atoms with Crippen LogP contribution in [0.3, 0.4) is 0 Å². The summed E-state index contributed by atoms with van der Waals surface area (Å²) < 4.78 is 0. The summed E-state index contributed by atoms with van der Waals surface area (Å²) in [4.78, 5) is 11.5. The quantitative estimate of drug-likeness (QED) is 0.821. The van der Waals surface area contributed by atoms with Gasteiger partial charge in [-0.1, -0.05) is 51.1 Å². The van der Waals surface area contributed by atoms with E-state index in [0.29, 0.717) is 12.8 Å². The Bertz CT molecular complexity index is 339. The van der Waals surface area contributed by atoms with Crippen LogP contribution in [-0.4, -0.2) is 11.1 Å². The molecule has 0 aliphatic heterocycles. The van der Waals surface area contributed by atoms with Crippen LogP contribution in [0.2, 0.25) is 0 Å². The summed E-state index contributed by atoms with van der Waals surface area (Å²) in [7, 11) is 0. The van der Waals surface area contributed by atoms with Crippen molar-refractivity contribution in [1.82, 2.24) is 0 Å². The van der Waals surface area contributed by atoms with Crippen LogP contribution in [0.4, 0.5) is 0 Å². The lowest BCUT2D eigenvalue weighted by molar-refractivity contribution is -0.150. The Kier molecular flexibility index (Phi) is 4.11. The molecule has 1 aromatic carbocycles. The molecule has 0 aliphatic carbocycles. The minimum Gasteiger partial charge on any atom is -0.481 e. The molecule has 1 rings (SSSR count). The Morgan fingerprint density at radius 2 is 1.75 bits per heavy atom. The van der Waals surface area contributed by atoms with Gasteiger partial charge in [0.05, 0.1) is 5.41 Å². The second-order valence-corrected chi connectivity index (χ2v) is 4.30. The van der Waals surface area contributed by atoms with E-state index in [2.05, 4.69) is 0 Å². The molecule has 2 heteroatoms. The second kappa shape index (κ2) is 5.15. The van der Waals surface area contributed by atoms with Crippen molar-refractivity contribution in [3.8, 4) is 0 Å². The van der Waals surface area contributed by atoms with E-state index in [4.69, 9.17) is 0 Å². The molecule has 0 aromatic heterocycles. The number of rotatable bonds is 5. The monoisotopic (exact) mass is 220 g/mol. The molecule has 0 amide bonds. The molecule has 0 bridgehead atoms. The Morgan fingerprint density at radius 3 is 2.12 bits per heavy atom. The Morgan fingerprint density at radius 1 is 1.25 bits per heavy atom. The summed E-state index contributed by atoms with van der Waals surface area (Å²) in [5.74, 6) is -0.643. The van der Waals surface area contributed by atoms with Crippen molar-refractivity contribution in [3.63, 3.8) is 0 Å². The summed E-state index contributed by atoms with van der Waals surface area (Å²) in [5, 5.41) is 9.46. The molecule has 0 radical (unpaired) electrons. The van der Waals surface area contributed by atoms with Crippen molar-refractivity contribution in [3.05, 3.63) is 35.9 Å². The maximum Gasteiger partial charge on any atom is 0.310 e. The maximum absolute atomic E-state index is 11.5. The highest BCUT2D eigenvalue weighted by molar-refractivity contribution is 5.76. The zero-order valence-electron chi connectivity index (χ0n) is 10.2. The number of hydrogen-bond donors (Lipinski definition) is 1. The van der Waals surface area contributed by atoms with Crippen LogP contribution in [0.25, 0.3) is 0 Å². The summed E-state index contributed by atoms with van der Waals surface area (Å²) in [6, 6.07) is 9.89. The van der Waals surface area contributed by atoms with Crippen molar-refractivity contribution >= 4 is 5.97 Å². The third kappa shape index (κ3) is 2.11. The highest BCUT2D eigenvalue weighted by atomic mass is 16.4. The van der Waals surface area contributed by atoms with E-state index >= 15 is 0 Å². The van der Waals surface area contributed by atoms with Crippen LogP contribution >= 0.6 is 0 Å². The van der Waals surface area contributed by atoms with Gasteiger partial charge in [-0.2, -0.15) is 0 Å².